The molecule has 56 heavy (non-hydrogen) atoms. The highest BCUT2D eigenvalue weighted by Crippen LogP contribution is 2.24. The molecule has 6 atom stereocenters. The molecule has 12 nitrogen and oxygen atoms in total. The quantitative estimate of drug-likeness (QED) is 0.0205. The fourth-order valence-electron chi connectivity index (χ4n) is 6.53. The molecule has 0 spiro atoms. The fourth-order valence-corrected chi connectivity index (χ4v) is 7.22. The number of esters is 2. The van der Waals surface area contributed by atoms with E-state index >= 15 is 0 Å². The van der Waals surface area contributed by atoms with Gasteiger partial charge in [-0.25, -0.2) is 0 Å². The van der Waals surface area contributed by atoms with E-state index < -0.39 is 71.2 Å². The van der Waals surface area contributed by atoms with Gasteiger partial charge in [-0.1, -0.05) is 134 Å². The van der Waals surface area contributed by atoms with Crippen LogP contribution in [-0.2, 0) is 38.7 Å². The number of carbonyl (C=O) groups is 2. The highest BCUT2D eigenvalue weighted by atomic mass is 32.2. The lowest BCUT2D eigenvalue weighted by atomic mass is 10.00. The van der Waals surface area contributed by atoms with Crippen molar-refractivity contribution in [1.82, 2.24) is 0 Å². The number of hydrogen-bond donors (Lipinski definition) is 4. The van der Waals surface area contributed by atoms with Crippen LogP contribution in [-0.4, -0.2) is 96.0 Å². The van der Waals surface area contributed by atoms with Crippen LogP contribution in [0.15, 0.2) is 24.3 Å². The summed E-state index contributed by atoms with van der Waals surface area (Å²) in [7, 11) is -4.60. The number of allylic oxidation sites excluding steroid dienone is 4. The van der Waals surface area contributed by atoms with Crippen LogP contribution >= 0.6 is 0 Å². The first-order chi connectivity index (χ1) is 27.0. The Morgan fingerprint density at radius 1 is 0.589 bits per heavy atom. The van der Waals surface area contributed by atoms with Gasteiger partial charge in [0.2, 0.25) is 0 Å². The van der Waals surface area contributed by atoms with E-state index in [1.54, 1.807) is 0 Å². The number of unbranched alkanes of at least 4 members (excludes halogenated alkanes) is 20. The van der Waals surface area contributed by atoms with E-state index in [0.29, 0.717) is 12.8 Å². The number of hydrogen-bond acceptors (Lipinski definition) is 11. The topological polar surface area (TPSA) is 186 Å². The van der Waals surface area contributed by atoms with Crippen LogP contribution < -0.4 is 0 Å². The Labute approximate surface area is 338 Å². The van der Waals surface area contributed by atoms with Gasteiger partial charge in [0.25, 0.3) is 10.1 Å². The van der Waals surface area contributed by atoms with Crippen molar-refractivity contribution in [3.8, 4) is 0 Å². The Morgan fingerprint density at radius 3 is 1.54 bits per heavy atom. The monoisotopic (exact) mass is 819 g/mol. The molecular weight excluding hydrogens is 741 g/mol. The van der Waals surface area contributed by atoms with Crippen molar-refractivity contribution in [1.29, 1.82) is 0 Å². The number of ether oxygens (including phenoxy) is 4. The molecule has 1 fully saturated rings. The molecule has 0 amide bonds. The smallest absolute Gasteiger partial charge is 0.306 e. The maximum atomic E-state index is 12.7. The zero-order chi connectivity index (χ0) is 41.3. The van der Waals surface area contributed by atoms with Gasteiger partial charge in [-0.3, -0.25) is 14.1 Å². The highest BCUT2D eigenvalue weighted by molar-refractivity contribution is 7.85. The molecule has 0 saturated carbocycles. The minimum absolute atomic E-state index is 0.155. The fraction of sp³-hybridized carbons (Fsp3) is 0.860. The lowest BCUT2D eigenvalue weighted by Gasteiger charge is -2.40. The molecule has 0 radical (unpaired) electrons. The highest BCUT2D eigenvalue weighted by Gasteiger charge is 2.46. The average molecular weight is 819 g/mol. The van der Waals surface area contributed by atoms with Crippen LogP contribution in [0.1, 0.15) is 181 Å². The third-order valence-corrected chi connectivity index (χ3v) is 10.8. The van der Waals surface area contributed by atoms with Gasteiger partial charge in [0.1, 0.15) is 36.8 Å². The summed E-state index contributed by atoms with van der Waals surface area (Å²) in [5.74, 6) is -1.99. The van der Waals surface area contributed by atoms with Gasteiger partial charge >= 0.3 is 11.9 Å². The SMILES string of the molecule is CCCC/C=C/CCCCCCCC(=O)O[C@H](COC(=O)CCCCCCCCCCC/C=C/CCCCCC)CO[C@H]1O[C@H](CS(=O)(=O)O)[C@@H](O)C(O)C1O. The van der Waals surface area contributed by atoms with Crippen molar-refractivity contribution in [2.45, 2.75) is 218 Å². The molecule has 1 heterocycles. The van der Waals surface area contributed by atoms with Gasteiger partial charge in [0.05, 0.1) is 6.61 Å². The van der Waals surface area contributed by atoms with E-state index in [2.05, 4.69) is 38.2 Å². The zero-order valence-corrected chi connectivity index (χ0v) is 35.6. The molecule has 0 bridgehead atoms. The number of aliphatic hydroxyl groups excluding tert-OH is 3. The molecule has 0 aliphatic carbocycles. The van der Waals surface area contributed by atoms with Crippen molar-refractivity contribution in [3.05, 3.63) is 24.3 Å². The number of aliphatic hydroxyl groups is 3. The molecule has 0 aromatic heterocycles. The number of rotatable bonds is 36. The van der Waals surface area contributed by atoms with E-state index in [1.165, 1.54) is 83.5 Å². The third kappa shape index (κ3) is 28.5. The van der Waals surface area contributed by atoms with Crippen molar-refractivity contribution >= 4 is 22.1 Å². The van der Waals surface area contributed by atoms with Gasteiger partial charge in [-0.2, -0.15) is 8.42 Å². The molecular formula is C43H78O12S. The largest absolute Gasteiger partial charge is 0.462 e. The lowest BCUT2D eigenvalue weighted by Crippen LogP contribution is -2.60. The van der Waals surface area contributed by atoms with Crippen LogP contribution in [0.25, 0.3) is 0 Å². The van der Waals surface area contributed by atoms with Crippen molar-refractivity contribution in [2.75, 3.05) is 19.0 Å². The molecule has 1 aliphatic rings. The van der Waals surface area contributed by atoms with E-state index in [1.807, 2.05) is 0 Å². The standard InChI is InChI=1S/C43H78O12S/c1-3-5-7-9-11-13-15-16-17-18-19-20-22-23-25-27-29-31-38(44)52-33-36(54-39(45)32-30-28-26-24-21-14-12-10-8-6-4-2)34-53-43-42(48)41(47)40(46)37(55-43)35-56(49,50)51/h10,12-13,15,36-37,40-43,46-48H,3-9,11,14,16-35H2,1-2H3,(H,49,50,51)/b12-10+,15-13+/t36-,37-,40-,41?,42?,43+/m1/s1. The molecule has 1 rings (SSSR count). The van der Waals surface area contributed by atoms with E-state index in [4.69, 9.17) is 18.9 Å². The Bertz CT molecular complexity index is 1140. The van der Waals surface area contributed by atoms with Crippen molar-refractivity contribution < 1.29 is 56.8 Å². The predicted octanol–water partition coefficient (Wildman–Crippen LogP) is 8.45. The maximum absolute atomic E-state index is 12.7. The second kappa shape index (κ2) is 34.0. The normalized spacial score (nSPS) is 20.9. The van der Waals surface area contributed by atoms with Crippen LogP contribution in [0.3, 0.4) is 0 Å². The number of carbonyl (C=O) groups excluding carboxylic acids is 2. The molecule has 0 aromatic rings. The molecule has 1 saturated heterocycles. The lowest BCUT2D eigenvalue weighted by molar-refractivity contribution is -0.297. The Morgan fingerprint density at radius 2 is 1.04 bits per heavy atom. The summed E-state index contributed by atoms with van der Waals surface area (Å²) < 4.78 is 53.9. The minimum Gasteiger partial charge on any atom is -0.462 e. The second-order valence-electron chi connectivity index (χ2n) is 15.4. The average Bonchev–Trinajstić information content (AvgIpc) is 3.16. The summed E-state index contributed by atoms with van der Waals surface area (Å²) >= 11 is 0. The molecule has 0 aromatic carbocycles. The Balaban J connectivity index is 2.44. The zero-order valence-electron chi connectivity index (χ0n) is 34.7. The van der Waals surface area contributed by atoms with Gasteiger partial charge < -0.3 is 34.3 Å². The van der Waals surface area contributed by atoms with Crippen LogP contribution in [0, 0.1) is 0 Å². The summed E-state index contributed by atoms with van der Waals surface area (Å²) in [4.78, 5) is 25.3. The summed E-state index contributed by atoms with van der Waals surface area (Å²) in [5.41, 5.74) is 0. The Hall–Kier alpha value is -1.87. The predicted molar refractivity (Wildman–Crippen MR) is 220 cm³/mol. The molecule has 1 aliphatic heterocycles. The summed E-state index contributed by atoms with van der Waals surface area (Å²) in [6.07, 6.45) is 26.6. The van der Waals surface area contributed by atoms with E-state index in [0.717, 1.165) is 57.8 Å². The minimum atomic E-state index is -4.60. The van der Waals surface area contributed by atoms with Gasteiger partial charge in [0, 0.05) is 12.8 Å². The van der Waals surface area contributed by atoms with Crippen LogP contribution in [0.4, 0.5) is 0 Å². The van der Waals surface area contributed by atoms with Crippen LogP contribution in [0.5, 0.6) is 0 Å². The maximum Gasteiger partial charge on any atom is 0.306 e. The summed E-state index contributed by atoms with van der Waals surface area (Å²) in [5, 5.41) is 30.8. The van der Waals surface area contributed by atoms with Gasteiger partial charge in [-0.05, 0) is 57.8 Å². The van der Waals surface area contributed by atoms with Gasteiger partial charge in [-0.15, -0.1) is 0 Å². The van der Waals surface area contributed by atoms with Crippen LogP contribution in [0.2, 0.25) is 0 Å². The van der Waals surface area contributed by atoms with Gasteiger partial charge in [0.15, 0.2) is 12.4 Å². The molecule has 2 unspecified atom stereocenters. The van der Waals surface area contributed by atoms with E-state index in [9.17, 15) is 37.9 Å². The van der Waals surface area contributed by atoms with Crippen molar-refractivity contribution in [3.63, 3.8) is 0 Å². The molecule has 13 heteroatoms. The Kier molecular flexibility index (Phi) is 31.7. The first kappa shape index (κ1) is 52.1. The van der Waals surface area contributed by atoms with Crippen molar-refractivity contribution in [2.24, 2.45) is 0 Å². The van der Waals surface area contributed by atoms with E-state index in [-0.39, 0.29) is 19.4 Å². The molecule has 328 valence electrons. The third-order valence-electron chi connectivity index (χ3n) is 10.0. The summed E-state index contributed by atoms with van der Waals surface area (Å²) in [6.45, 7) is 3.69. The second-order valence-corrected chi connectivity index (χ2v) is 16.9. The first-order valence-corrected chi connectivity index (χ1v) is 23.5. The molecule has 4 N–H and O–H groups in total. The summed E-state index contributed by atoms with van der Waals surface area (Å²) in [6, 6.07) is 0. The first-order valence-electron chi connectivity index (χ1n) is 21.9.